The van der Waals surface area contributed by atoms with Gasteiger partial charge in [-0.05, 0) is 57.9 Å². The van der Waals surface area contributed by atoms with Crippen molar-refractivity contribution < 1.29 is 23.2 Å². The van der Waals surface area contributed by atoms with E-state index in [1.54, 1.807) is 18.2 Å². The molecular formula is C29H30F3NO3. The van der Waals surface area contributed by atoms with Crippen LogP contribution in [-0.2, 0) is 17.0 Å². The van der Waals surface area contributed by atoms with Gasteiger partial charge in [-0.3, -0.25) is 10.1 Å². The first-order chi connectivity index (χ1) is 16.5. The van der Waals surface area contributed by atoms with Crippen molar-refractivity contribution in [3.05, 3.63) is 104 Å². The summed E-state index contributed by atoms with van der Waals surface area (Å²) in [5, 5.41) is 23.1. The van der Waals surface area contributed by atoms with E-state index in [0.29, 0.717) is 28.3 Å². The zero-order valence-corrected chi connectivity index (χ0v) is 21.2. The number of phenolic OH excluding ortho intramolecular Hbond substituents is 1. The summed E-state index contributed by atoms with van der Waals surface area (Å²) in [6.07, 6.45) is -3.00. The van der Waals surface area contributed by atoms with Gasteiger partial charge in [0, 0.05) is 17.2 Å². The van der Waals surface area contributed by atoms with Gasteiger partial charge in [-0.2, -0.15) is 13.2 Å². The highest BCUT2D eigenvalue weighted by molar-refractivity contribution is 5.95. The number of hydrogen-bond acceptors (Lipinski definition) is 3. The summed E-state index contributed by atoms with van der Waals surface area (Å²) in [6.45, 7) is 11.7. The molecule has 0 unspecified atom stereocenters. The molecule has 0 radical (unpaired) electrons. The molecule has 3 rings (SSSR count). The van der Waals surface area contributed by atoms with Crippen LogP contribution in [0.2, 0.25) is 0 Å². The Kier molecular flexibility index (Phi) is 7.08. The number of alkyl halides is 3. The fourth-order valence-corrected chi connectivity index (χ4v) is 4.05. The predicted octanol–water partition coefficient (Wildman–Crippen LogP) is 8.50. The van der Waals surface area contributed by atoms with Crippen molar-refractivity contribution in [1.29, 1.82) is 0 Å². The van der Waals surface area contributed by atoms with Crippen LogP contribution in [0.1, 0.15) is 74.9 Å². The molecule has 0 fully saturated rings. The average molecular weight is 498 g/mol. The average Bonchev–Trinajstić information content (AvgIpc) is 2.76. The van der Waals surface area contributed by atoms with Crippen molar-refractivity contribution in [1.82, 2.24) is 0 Å². The minimum Gasteiger partial charge on any atom is -0.507 e. The molecule has 0 saturated heterocycles. The van der Waals surface area contributed by atoms with Gasteiger partial charge in [-0.25, -0.2) is 0 Å². The molecule has 7 heteroatoms. The molecule has 190 valence electrons. The lowest BCUT2D eigenvalue weighted by Gasteiger charge is -2.28. The number of benzene rings is 3. The number of rotatable bonds is 4. The van der Waals surface area contributed by atoms with E-state index in [-0.39, 0.29) is 11.3 Å². The molecule has 3 aromatic rings. The van der Waals surface area contributed by atoms with E-state index < -0.39 is 33.2 Å². The van der Waals surface area contributed by atoms with Crippen LogP contribution in [0, 0.1) is 10.1 Å². The summed E-state index contributed by atoms with van der Waals surface area (Å²) in [4.78, 5) is 11.2. The van der Waals surface area contributed by atoms with Crippen LogP contribution >= 0.6 is 0 Å². The van der Waals surface area contributed by atoms with Gasteiger partial charge in [0.05, 0.1) is 16.1 Å². The van der Waals surface area contributed by atoms with Crippen molar-refractivity contribution in [2.75, 3.05) is 0 Å². The molecule has 3 aromatic carbocycles. The highest BCUT2D eigenvalue weighted by Crippen LogP contribution is 2.44. The van der Waals surface area contributed by atoms with Crippen LogP contribution in [0.4, 0.5) is 18.9 Å². The summed E-state index contributed by atoms with van der Waals surface area (Å²) < 4.78 is 40.1. The zero-order valence-electron chi connectivity index (χ0n) is 21.2. The van der Waals surface area contributed by atoms with Gasteiger partial charge in [0.1, 0.15) is 5.75 Å². The van der Waals surface area contributed by atoms with Gasteiger partial charge >= 0.3 is 6.18 Å². The second-order valence-electron chi connectivity index (χ2n) is 10.9. The normalized spacial score (nSPS) is 13.1. The number of nitro groups is 1. The number of aromatic hydroxyl groups is 1. The molecule has 0 heterocycles. The fourth-order valence-electron chi connectivity index (χ4n) is 4.05. The molecule has 0 spiro atoms. The van der Waals surface area contributed by atoms with Gasteiger partial charge in [-0.15, -0.1) is 0 Å². The first-order valence-corrected chi connectivity index (χ1v) is 11.5. The Morgan fingerprint density at radius 2 is 1.39 bits per heavy atom. The minimum atomic E-state index is -4.72. The Morgan fingerprint density at radius 3 is 1.83 bits per heavy atom. The van der Waals surface area contributed by atoms with Crippen molar-refractivity contribution >= 4 is 17.3 Å². The minimum absolute atomic E-state index is 0.0576. The third-order valence-electron chi connectivity index (χ3n) is 5.96. The van der Waals surface area contributed by atoms with Crippen LogP contribution in [0.15, 0.2) is 60.7 Å². The maximum Gasteiger partial charge on any atom is 0.416 e. The quantitative estimate of drug-likeness (QED) is 0.223. The molecule has 0 aliphatic carbocycles. The van der Waals surface area contributed by atoms with E-state index in [4.69, 9.17) is 0 Å². The largest absolute Gasteiger partial charge is 0.507 e. The summed E-state index contributed by atoms with van der Waals surface area (Å²) in [6, 6.07) is 15.2. The standard InChI is InChI=1S/C29H30F3NO3/c1-27(2,3)23-15-19(16-24(26(23)34)28(4,5)6)22(14-18-10-8-7-9-11-18)21-13-12-20(29(30,31)32)17-25(21)33(35)36/h7-17,34H,1-6H3/b22-14-. The number of nitro benzene ring substituents is 1. The first-order valence-electron chi connectivity index (χ1n) is 11.5. The maximum absolute atomic E-state index is 13.4. The van der Waals surface area contributed by atoms with Crippen LogP contribution in [0.5, 0.6) is 5.75 Å². The van der Waals surface area contributed by atoms with Gasteiger partial charge in [0.15, 0.2) is 0 Å². The molecule has 4 nitrogen and oxygen atoms in total. The van der Waals surface area contributed by atoms with Gasteiger partial charge in [-0.1, -0.05) is 71.9 Å². The highest BCUT2D eigenvalue weighted by Gasteiger charge is 2.34. The molecule has 0 atom stereocenters. The molecule has 0 aliphatic heterocycles. The van der Waals surface area contributed by atoms with E-state index in [9.17, 15) is 28.4 Å². The van der Waals surface area contributed by atoms with Crippen LogP contribution < -0.4 is 0 Å². The summed E-state index contributed by atoms with van der Waals surface area (Å²) in [7, 11) is 0. The lowest BCUT2D eigenvalue weighted by atomic mass is 9.77. The van der Waals surface area contributed by atoms with Gasteiger partial charge < -0.3 is 5.11 Å². The van der Waals surface area contributed by atoms with E-state index in [1.807, 2.05) is 71.9 Å². The highest BCUT2D eigenvalue weighted by atomic mass is 19.4. The molecule has 0 amide bonds. The van der Waals surface area contributed by atoms with E-state index in [2.05, 4.69) is 0 Å². The van der Waals surface area contributed by atoms with Crippen LogP contribution in [0.3, 0.4) is 0 Å². The molecule has 0 aliphatic rings. The molecule has 0 bridgehead atoms. The van der Waals surface area contributed by atoms with E-state index in [0.717, 1.165) is 17.7 Å². The van der Waals surface area contributed by atoms with Gasteiger partial charge in [0.2, 0.25) is 0 Å². The maximum atomic E-state index is 13.4. The smallest absolute Gasteiger partial charge is 0.416 e. The number of phenols is 1. The number of halogens is 3. The molecule has 36 heavy (non-hydrogen) atoms. The molecular weight excluding hydrogens is 467 g/mol. The Bertz CT molecular complexity index is 1280. The number of nitrogens with zero attached hydrogens (tertiary/aromatic N) is 1. The van der Waals surface area contributed by atoms with Crippen molar-refractivity contribution in [3.8, 4) is 5.75 Å². The lowest BCUT2D eigenvalue weighted by molar-refractivity contribution is -0.385. The topological polar surface area (TPSA) is 63.4 Å². The Labute approximate surface area is 209 Å². The molecule has 0 saturated carbocycles. The molecule has 1 N–H and O–H groups in total. The second kappa shape index (κ2) is 9.45. The van der Waals surface area contributed by atoms with Crippen LogP contribution in [-0.4, -0.2) is 10.0 Å². The third kappa shape index (κ3) is 5.78. The third-order valence-corrected chi connectivity index (χ3v) is 5.96. The van der Waals surface area contributed by atoms with E-state index >= 15 is 0 Å². The summed E-state index contributed by atoms with van der Waals surface area (Å²) >= 11 is 0. The Morgan fingerprint density at radius 1 is 0.861 bits per heavy atom. The second-order valence-corrected chi connectivity index (χ2v) is 10.9. The Balaban J connectivity index is 2.44. The van der Waals surface area contributed by atoms with Crippen molar-refractivity contribution in [3.63, 3.8) is 0 Å². The van der Waals surface area contributed by atoms with Crippen molar-refractivity contribution in [2.24, 2.45) is 0 Å². The van der Waals surface area contributed by atoms with E-state index in [1.165, 1.54) is 0 Å². The van der Waals surface area contributed by atoms with Crippen LogP contribution in [0.25, 0.3) is 11.6 Å². The lowest BCUT2D eigenvalue weighted by Crippen LogP contribution is -2.18. The van der Waals surface area contributed by atoms with Gasteiger partial charge in [0.25, 0.3) is 5.69 Å². The fraction of sp³-hybridized carbons (Fsp3) is 0.310. The SMILES string of the molecule is CC(C)(C)c1cc(/C(=C/c2ccccc2)c2ccc(C(F)(F)F)cc2[N+](=O)[O-])cc(C(C)(C)C)c1O. The number of hydrogen-bond donors (Lipinski definition) is 1. The first kappa shape index (κ1) is 27.0. The van der Waals surface area contributed by atoms with Crippen molar-refractivity contribution in [2.45, 2.75) is 58.5 Å². The summed E-state index contributed by atoms with van der Waals surface area (Å²) in [5.41, 5.74) is 0.340. The zero-order chi connectivity index (χ0) is 27.1. The monoisotopic (exact) mass is 497 g/mol. The summed E-state index contributed by atoms with van der Waals surface area (Å²) in [5.74, 6) is 0.139. The molecule has 0 aromatic heterocycles. The Hall–Kier alpha value is -3.61. The predicted molar refractivity (Wildman–Crippen MR) is 137 cm³/mol.